The Labute approximate surface area is 135 Å². The number of aryl methyl sites for hydroxylation is 1. The van der Waals surface area contributed by atoms with Gasteiger partial charge in [0.05, 0.1) is 0 Å². The van der Waals surface area contributed by atoms with Crippen molar-refractivity contribution < 1.29 is 4.74 Å². The minimum Gasteiger partial charge on any atom is -0.457 e. The second-order valence-electron chi connectivity index (χ2n) is 6.27. The molecule has 0 bridgehead atoms. The van der Waals surface area contributed by atoms with Gasteiger partial charge in [0.1, 0.15) is 11.5 Å². The minimum atomic E-state index is 0.0257. The molecule has 0 saturated carbocycles. The van der Waals surface area contributed by atoms with E-state index >= 15 is 0 Å². The summed E-state index contributed by atoms with van der Waals surface area (Å²) in [5.74, 6) is 1.71. The van der Waals surface area contributed by atoms with Gasteiger partial charge in [0.25, 0.3) is 0 Å². The normalized spacial score (nSPS) is 11.5. The molecule has 0 heterocycles. The number of ether oxygens (including phenoxy) is 1. The second-order valence-corrected chi connectivity index (χ2v) is 7.13. The van der Waals surface area contributed by atoms with Crippen molar-refractivity contribution in [3.63, 3.8) is 0 Å². The van der Waals surface area contributed by atoms with Gasteiger partial charge >= 0.3 is 0 Å². The fourth-order valence-corrected chi connectivity index (χ4v) is 2.79. The van der Waals surface area contributed by atoms with Gasteiger partial charge < -0.3 is 10.5 Å². The molecule has 3 heteroatoms. The van der Waals surface area contributed by atoms with E-state index in [-0.39, 0.29) is 5.41 Å². The number of hydrogen-bond donors (Lipinski definition) is 1. The molecule has 0 radical (unpaired) electrons. The Hall–Kier alpha value is -1.32. The molecular formula is C18H22BrNO. The van der Waals surface area contributed by atoms with Crippen molar-refractivity contribution in [3.8, 4) is 11.5 Å². The van der Waals surface area contributed by atoms with E-state index < -0.39 is 0 Å². The standard InChI is InChI=1S/C18H22BrNO/c1-12-8-9-14(18(2,3)4)17(10-12)21-16-7-5-6-15(19)13(16)11-20/h5-10H,11,20H2,1-4H3. The summed E-state index contributed by atoms with van der Waals surface area (Å²) in [4.78, 5) is 0. The van der Waals surface area contributed by atoms with Crippen LogP contribution >= 0.6 is 15.9 Å². The molecule has 0 aliphatic carbocycles. The van der Waals surface area contributed by atoms with Crippen molar-refractivity contribution in [2.24, 2.45) is 5.73 Å². The first kappa shape index (κ1) is 16.1. The molecule has 0 spiro atoms. The Morgan fingerprint density at radius 2 is 1.81 bits per heavy atom. The molecule has 0 atom stereocenters. The van der Waals surface area contributed by atoms with Gasteiger partial charge in [-0.25, -0.2) is 0 Å². The molecule has 0 aromatic heterocycles. The quantitative estimate of drug-likeness (QED) is 0.816. The average Bonchev–Trinajstić information content (AvgIpc) is 2.37. The molecule has 0 amide bonds. The summed E-state index contributed by atoms with van der Waals surface area (Å²) in [5.41, 5.74) is 9.23. The van der Waals surface area contributed by atoms with Crippen LogP contribution in [0.4, 0.5) is 0 Å². The number of nitrogens with two attached hydrogens (primary N) is 1. The molecule has 2 rings (SSSR count). The van der Waals surface area contributed by atoms with E-state index in [4.69, 9.17) is 10.5 Å². The lowest BCUT2D eigenvalue weighted by molar-refractivity contribution is 0.450. The maximum atomic E-state index is 6.21. The number of halogens is 1. The topological polar surface area (TPSA) is 35.2 Å². The molecule has 0 saturated heterocycles. The average molecular weight is 348 g/mol. The van der Waals surface area contributed by atoms with Crippen molar-refractivity contribution >= 4 is 15.9 Å². The second kappa shape index (κ2) is 6.20. The fourth-order valence-electron chi connectivity index (χ4n) is 2.28. The summed E-state index contributed by atoms with van der Waals surface area (Å²) in [6, 6.07) is 12.3. The van der Waals surface area contributed by atoms with Gasteiger partial charge in [-0.2, -0.15) is 0 Å². The van der Waals surface area contributed by atoms with E-state index in [2.05, 4.69) is 61.8 Å². The molecule has 2 N–H and O–H groups in total. The van der Waals surface area contributed by atoms with E-state index in [9.17, 15) is 0 Å². The van der Waals surface area contributed by atoms with E-state index in [0.29, 0.717) is 6.54 Å². The fraction of sp³-hybridized carbons (Fsp3) is 0.333. The predicted octanol–water partition coefficient (Wildman–Crippen LogP) is 5.31. The van der Waals surface area contributed by atoms with Gasteiger partial charge in [0.2, 0.25) is 0 Å². The van der Waals surface area contributed by atoms with Crippen molar-refractivity contribution in [1.82, 2.24) is 0 Å². The van der Waals surface area contributed by atoms with Crippen LogP contribution in [0.25, 0.3) is 0 Å². The van der Waals surface area contributed by atoms with E-state index in [0.717, 1.165) is 21.5 Å². The molecule has 0 unspecified atom stereocenters. The zero-order valence-corrected chi connectivity index (χ0v) is 14.6. The van der Waals surface area contributed by atoms with Gasteiger partial charge in [-0.15, -0.1) is 0 Å². The molecular weight excluding hydrogens is 326 g/mol. The molecule has 21 heavy (non-hydrogen) atoms. The van der Waals surface area contributed by atoms with E-state index in [1.165, 1.54) is 11.1 Å². The lowest BCUT2D eigenvalue weighted by Crippen LogP contribution is -2.13. The Balaban J connectivity index is 2.49. The summed E-state index contributed by atoms with van der Waals surface area (Å²) in [6.07, 6.45) is 0. The van der Waals surface area contributed by atoms with Gasteiger partial charge in [0.15, 0.2) is 0 Å². The number of benzene rings is 2. The lowest BCUT2D eigenvalue weighted by atomic mass is 9.86. The van der Waals surface area contributed by atoms with Crippen LogP contribution < -0.4 is 10.5 Å². The van der Waals surface area contributed by atoms with Crippen molar-refractivity contribution in [2.45, 2.75) is 39.7 Å². The van der Waals surface area contributed by atoms with Crippen LogP contribution in [0.5, 0.6) is 11.5 Å². The van der Waals surface area contributed by atoms with Crippen LogP contribution in [0.1, 0.15) is 37.5 Å². The minimum absolute atomic E-state index is 0.0257. The van der Waals surface area contributed by atoms with Gasteiger partial charge in [-0.05, 0) is 36.1 Å². The van der Waals surface area contributed by atoms with Crippen LogP contribution in [0.15, 0.2) is 40.9 Å². The Kier molecular flexibility index (Phi) is 4.74. The van der Waals surface area contributed by atoms with Crippen LogP contribution in [-0.2, 0) is 12.0 Å². The molecule has 2 nitrogen and oxygen atoms in total. The zero-order valence-electron chi connectivity index (χ0n) is 13.0. The van der Waals surface area contributed by atoms with Crippen molar-refractivity contribution in [3.05, 3.63) is 57.6 Å². The first-order valence-corrected chi connectivity index (χ1v) is 7.88. The van der Waals surface area contributed by atoms with Crippen LogP contribution in [-0.4, -0.2) is 0 Å². The monoisotopic (exact) mass is 347 g/mol. The maximum absolute atomic E-state index is 6.21. The van der Waals surface area contributed by atoms with E-state index in [1.54, 1.807) is 0 Å². The highest BCUT2D eigenvalue weighted by Crippen LogP contribution is 2.37. The first-order chi connectivity index (χ1) is 9.82. The summed E-state index contributed by atoms with van der Waals surface area (Å²) in [5, 5.41) is 0. The zero-order chi connectivity index (χ0) is 15.6. The maximum Gasteiger partial charge on any atom is 0.133 e. The van der Waals surface area contributed by atoms with Crippen LogP contribution in [0, 0.1) is 6.92 Å². The molecule has 0 fully saturated rings. The van der Waals surface area contributed by atoms with Gasteiger partial charge in [0, 0.05) is 22.1 Å². The van der Waals surface area contributed by atoms with Crippen molar-refractivity contribution in [1.29, 1.82) is 0 Å². The largest absolute Gasteiger partial charge is 0.457 e. The highest BCUT2D eigenvalue weighted by molar-refractivity contribution is 9.10. The smallest absolute Gasteiger partial charge is 0.133 e. The first-order valence-electron chi connectivity index (χ1n) is 7.09. The number of rotatable bonds is 3. The molecule has 0 aliphatic rings. The molecule has 0 aliphatic heterocycles. The third-order valence-corrected chi connectivity index (χ3v) is 4.19. The van der Waals surface area contributed by atoms with Crippen LogP contribution in [0.2, 0.25) is 0 Å². The SMILES string of the molecule is Cc1ccc(C(C)(C)C)c(Oc2cccc(Br)c2CN)c1. The van der Waals surface area contributed by atoms with Gasteiger partial charge in [-0.3, -0.25) is 0 Å². The van der Waals surface area contributed by atoms with Crippen molar-refractivity contribution in [2.75, 3.05) is 0 Å². The van der Waals surface area contributed by atoms with Crippen LogP contribution in [0.3, 0.4) is 0 Å². The molecule has 2 aromatic carbocycles. The highest BCUT2D eigenvalue weighted by Gasteiger charge is 2.20. The highest BCUT2D eigenvalue weighted by atomic mass is 79.9. The Morgan fingerprint density at radius 1 is 1.10 bits per heavy atom. The third-order valence-electron chi connectivity index (χ3n) is 3.45. The predicted molar refractivity (Wildman–Crippen MR) is 92.0 cm³/mol. The summed E-state index contributed by atoms with van der Waals surface area (Å²) in [7, 11) is 0. The third kappa shape index (κ3) is 3.66. The summed E-state index contributed by atoms with van der Waals surface area (Å²) < 4.78 is 7.19. The number of hydrogen-bond acceptors (Lipinski definition) is 2. The Morgan fingerprint density at radius 3 is 2.43 bits per heavy atom. The summed E-state index contributed by atoms with van der Waals surface area (Å²) in [6.45, 7) is 9.08. The Bertz CT molecular complexity index is 644. The van der Waals surface area contributed by atoms with E-state index in [1.807, 2.05) is 18.2 Å². The lowest BCUT2D eigenvalue weighted by Gasteiger charge is -2.24. The molecule has 112 valence electrons. The summed E-state index contributed by atoms with van der Waals surface area (Å²) >= 11 is 3.53. The van der Waals surface area contributed by atoms with Gasteiger partial charge in [-0.1, -0.05) is 54.9 Å². The molecule has 2 aromatic rings.